The van der Waals surface area contributed by atoms with Crippen LogP contribution in [0.5, 0.6) is 0 Å². The van der Waals surface area contributed by atoms with Gasteiger partial charge in [-0.25, -0.2) is 8.78 Å². The van der Waals surface area contributed by atoms with Crippen LogP contribution in [0.4, 0.5) is 8.78 Å². The number of aliphatic hydroxyl groups is 1. The van der Waals surface area contributed by atoms with Crippen molar-refractivity contribution in [3.8, 4) is 0 Å². The first-order valence-corrected chi connectivity index (χ1v) is 11.5. The highest BCUT2D eigenvalue weighted by Gasteiger charge is 2.29. The second-order valence-corrected chi connectivity index (χ2v) is 8.95. The van der Waals surface area contributed by atoms with Gasteiger partial charge in [-0.1, -0.05) is 31.7 Å². The Balaban J connectivity index is 1.48. The number of carbonyl (C=O) groups excluding carboxylic acids is 1. The zero-order chi connectivity index (χ0) is 23.5. The van der Waals surface area contributed by atoms with E-state index in [2.05, 4.69) is 42.3 Å². The van der Waals surface area contributed by atoms with Crippen molar-refractivity contribution < 1.29 is 18.7 Å². The predicted octanol–water partition coefficient (Wildman–Crippen LogP) is 4.08. The Morgan fingerprint density at radius 2 is 1.91 bits per heavy atom. The number of ketones is 1. The third kappa shape index (κ3) is 5.40. The molecule has 0 aromatic heterocycles. The van der Waals surface area contributed by atoms with Crippen molar-refractivity contribution in [3.63, 3.8) is 0 Å². The zero-order valence-electron chi connectivity index (χ0n) is 18.8. The van der Waals surface area contributed by atoms with E-state index in [0.29, 0.717) is 16.8 Å². The number of halogens is 2. The monoisotopic (exact) mass is 452 g/mol. The maximum Gasteiger partial charge on any atom is 0.208 e. The summed E-state index contributed by atoms with van der Waals surface area (Å²) in [5.74, 6) is -1.55. The van der Waals surface area contributed by atoms with Crippen molar-refractivity contribution in [1.29, 1.82) is 0 Å². The lowest BCUT2D eigenvalue weighted by molar-refractivity contribution is -0.113. The summed E-state index contributed by atoms with van der Waals surface area (Å²) in [6, 6.07) is 9.45. The van der Waals surface area contributed by atoms with Crippen LogP contribution >= 0.6 is 0 Å². The maximum atomic E-state index is 13.7. The number of carbonyl (C=O) groups is 1. The van der Waals surface area contributed by atoms with E-state index in [1.165, 1.54) is 28.8 Å². The molecule has 4 rings (SSSR count). The first-order chi connectivity index (χ1) is 15.8. The van der Waals surface area contributed by atoms with Gasteiger partial charge in [0.2, 0.25) is 5.78 Å². The van der Waals surface area contributed by atoms with Gasteiger partial charge in [0.05, 0.1) is 17.8 Å². The number of fused-ring (bicyclic) bond motifs is 1. The molecule has 3 unspecified atom stereocenters. The Labute approximate surface area is 193 Å². The van der Waals surface area contributed by atoms with Gasteiger partial charge in [-0.3, -0.25) is 4.79 Å². The first-order valence-electron chi connectivity index (χ1n) is 11.5. The van der Waals surface area contributed by atoms with E-state index < -0.39 is 23.8 Å². The molecular weight excluding hydrogens is 422 g/mol. The smallest absolute Gasteiger partial charge is 0.208 e. The summed E-state index contributed by atoms with van der Waals surface area (Å²) in [7, 11) is 0. The number of benzene rings is 2. The van der Waals surface area contributed by atoms with Crippen molar-refractivity contribution in [3.05, 3.63) is 94.2 Å². The first kappa shape index (κ1) is 23.3. The summed E-state index contributed by atoms with van der Waals surface area (Å²) in [5, 5.41) is 17.6. The fourth-order valence-corrected chi connectivity index (χ4v) is 4.66. The number of aryl methyl sites for hydroxylation is 2. The number of allylic oxidation sites excluding steroid dienone is 2. The van der Waals surface area contributed by atoms with E-state index >= 15 is 0 Å². The molecule has 0 fully saturated rings. The van der Waals surface area contributed by atoms with Gasteiger partial charge in [-0.05, 0) is 72.6 Å². The molecular formula is C27H30F2N2O2. The van der Waals surface area contributed by atoms with Crippen molar-refractivity contribution in [1.82, 2.24) is 10.6 Å². The highest BCUT2D eigenvalue weighted by molar-refractivity contribution is 6.16. The topological polar surface area (TPSA) is 61.4 Å². The Bertz CT molecular complexity index is 1080. The lowest BCUT2D eigenvalue weighted by Gasteiger charge is -2.32. The van der Waals surface area contributed by atoms with E-state index in [4.69, 9.17) is 0 Å². The summed E-state index contributed by atoms with van der Waals surface area (Å²) in [4.78, 5) is 12.0. The molecule has 0 radical (unpaired) electrons. The Kier molecular flexibility index (Phi) is 7.05. The molecule has 2 aromatic carbocycles. The second-order valence-electron chi connectivity index (χ2n) is 8.95. The van der Waals surface area contributed by atoms with Crippen molar-refractivity contribution in [2.75, 3.05) is 6.54 Å². The SMILES string of the molecule is C=C1C=C(NC(Cc2cc(F)cc(F)c2)C(O)CNC2CCCc3ccc(CC)cc32)C1=O. The molecule has 0 bridgehead atoms. The van der Waals surface area contributed by atoms with Gasteiger partial charge in [0.15, 0.2) is 0 Å². The third-order valence-corrected chi connectivity index (χ3v) is 6.54. The highest BCUT2D eigenvalue weighted by Crippen LogP contribution is 2.31. The number of hydrogen-bond acceptors (Lipinski definition) is 4. The second kappa shape index (κ2) is 9.98. The Morgan fingerprint density at radius 1 is 1.15 bits per heavy atom. The molecule has 4 nitrogen and oxygen atoms in total. The van der Waals surface area contributed by atoms with Crippen LogP contribution in [0.15, 0.2) is 60.3 Å². The molecule has 174 valence electrons. The van der Waals surface area contributed by atoms with Crippen LogP contribution in [0, 0.1) is 11.6 Å². The summed E-state index contributed by atoms with van der Waals surface area (Å²) in [6.07, 6.45) is 4.95. The van der Waals surface area contributed by atoms with Crippen molar-refractivity contribution >= 4 is 5.78 Å². The predicted molar refractivity (Wildman–Crippen MR) is 125 cm³/mol. The van der Waals surface area contributed by atoms with Crippen molar-refractivity contribution in [2.45, 2.75) is 57.2 Å². The van der Waals surface area contributed by atoms with Gasteiger partial charge in [0.1, 0.15) is 11.6 Å². The quantitative estimate of drug-likeness (QED) is 0.502. The average molecular weight is 453 g/mol. The molecule has 33 heavy (non-hydrogen) atoms. The molecule has 0 amide bonds. The summed E-state index contributed by atoms with van der Waals surface area (Å²) in [5.41, 5.74) is 5.05. The van der Waals surface area contributed by atoms with Gasteiger partial charge in [-0.2, -0.15) is 0 Å². The minimum absolute atomic E-state index is 0.131. The molecule has 3 atom stereocenters. The molecule has 2 aliphatic carbocycles. The molecule has 6 heteroatoms. The molecule has 2 aromatic rings. The van der Waals surface area contributed by atoms with Crippen LogP contribution in [0.3, 0.4) is 0 Å². The highest BCUT2D eigenvalue weighted by atomic mass is 19.1. The number of Topliss-reactive ketones (excluding diaryl/α,β-unsaturated/α-hetero) is 1. The molecule has 0 saturated heterocycles. The van der Waals surface area contributed by atoms with Crippen LogP contribution in [0.1, 0.15) is 48.1 Å². The lowest BCUT2D eigenvalue weighted by atomic mass is 9.86. The van der Waals surface area contributed by atoms with Crippen LogP contribution in [0.2, 0.25) is 0 Å². The van der Waals surface area contributed by atoms with Crippen LogP contribution < -0.4 is 10.6 Å². The Morgan fingerprint density at radius 3 is 2.58 bits per heavy atom. The number of rotatable bonds is 9. The van der Waals surface area contributed by atoms with E-state index in [0.717, 1.165) is 31.7 Å². The average Bonchev–Trinajstić information content (AvgIpc) is 2.80. The standard InChI is InChI=1S/C27H30F2N2O2/c1-3-17-7-8-19-5-4-6-23(22(19)12-17)30-15-26(32)24(31-25-9-16(2)27(25)33)13-18-10-20(28)14-21(29)11-18/h7-12,14,23-24,26,30-32H,2-6,13,15H2,1H3. The molecule has 0 aliphatic heterocycles. The van der Waals surface area contributed by atoms with Crippen molar-refractivity contribution in [2.24, 2.45) is 0 Å². The van der Waals surface area contributed by atoms with Crippen LogP contribution in [-0.2, 0) is 24.1 Å². The fourth-order valence-electron chi connectivity index (χ4n) is 4.66. The van der Waals surface area contributed by atoms with E-state index in [1.807, 2.05) is 0 Å². The number of aliphatic hydroxyl groups excluding tert-OH is 1. The van der Waals surface area contributed by atoms with E-state index in [1.54, 1.807) is 6.08 Å². The van der Waals surface area contributed by atoms with Gasteiger partial charge in [0.25, 0.3) is 0 Å². The van der Waals surface area contributed by atoms with Crippen LogP contribution in [0.25, 0.3) is 0 Å². The minimum atomic E-state index is -0.890. The minimum Gasteiger partial charge on any atom is -0.390 e. The molecule has 3 N–H and O–H groups in total. The zero-order valence-corrected chi connectivity index (χ0v) is 18.8. The maximum absolute atomic E-state index is 13.7. The largest absolute Gasteiger partial charge is 0.390 e. The normalized spacial score (nSPS) is 19.4. The fraction of sp³-hybridized carbons (Fsp3) is 0.370. The van der Waals surface area contributed by atoms with E-state index in [-0.39, 0.29) is 24.8 Å². The van der Waals surface area contributed by atoms with Gasteiger partial charge in [-0.15, -0.1) is 0 Å². The molecule has 2 aliphatic rings. The van der Waals surface area contributed by atoms with E-state index in [9.17, 15) is 18.7 Å². The summed E-state index contributed by atoms with van der Waals surface area (Å²) in [6.45, 7) is 6.05. The Hall–Kier alpha value is -2.83. The van der Waals surface area contributed by atoms with Gasteiger partial charge < -0.3 is 15.7 Å². The van der Waals surface area contributed by atoms with Gasteiger partial charge in [0, 0.05) is 24.2 Å². The molecule has 0 heterocycles. The molecule has 0 spiro atoms. The summed E-state index contributed by atoms with van der Waals surface area (Å²) < 4.78 is 27.4. The summed E-state index contributed by atoms with van der Waals surface area (Å²) >= 11 is 0. The number of hydrogen-bond donors (Lipinski definition) is 3. The molecule has 0 saturated carbocycles. The lowest BCUT2D eigenvalue weighted by Crippen LogP contribution is -2.49. The number of nitrogens with one attached hydrogen (secondary N) is 2. The third-order valence-electron chi connectivity index (χ3n) is 6.54. The van der Waals surface area contributed by atoms with Crippen LogP contribution in [-0.4, -0.2) is 29.6 Å². The van der Waals surface area contributed by atoms with Gasteiger partial charge >= 0.3 is 0 Å².